The van der Waals surface area contributed by atoms with Crippen LogP contribution in [0.3, 0.4) is 0 Å². The van der Waals surface area contributed by atoms with E-state index in [0.29, 0.717) is 40.2 Å². The highest BCUT2D eigenvalue weighted by Gasteiger charge is 2.39. The van der Waals surface area contributed by atoms with Crippen LogP contribution in [0.4, 0.5) is 10.1 Å². The molecule has 1 atom stereocenters. The van der Waals surface area contributed by atoms with Crippen molar-refractivity contribution in [3.05, 3.63) is 63.4 Å². The lowest BCUT2D eigenvalue weighted by Gasteiger charge is -2.29. The third-order valence-corrected chi connectivity index (χ3v) is 6.40. The summed E-state index contributed by atoms with van der Waals surface area (Å²) >= 11 is 6.16. The van der Waals surface area contributed by atoms with Gasteiger partial charge in [0.25, 0.3) is 11.8 Å². The van der Waals surface area contributed by atoms with Crippen LogP contribution in [0.1, 0.15) is 44.7 Å². The Hall–Kier alpha value is -3.26. The van der Waals surface area contributed by atoms with Gasteiger partial charge in [-0.1, -0.05) is 11.6 Å². The Bertz CT molecular complexity index is 1180. The van der Waals surface area contributed by atoms with E-state index < -0.39 is 17.8 Å². The van der Waals surface area contributed by atoms with Crippen LogP contribution in [0, 0.1) is 5.82 Å². The standard InChI is InChI=1S/C22H17ClFN3O4/c23-15-3-4-16(24)19-14(15)7-8-26(19)21(30)11-1-2-13-12(9-11)10-27(22(13)31)17-5-6-18(28)25-20(17)29/h1-4,9,17H,5-8,10H2,(H,25,28,29). The van der Waals surface area contributed by atoms with Crippen molar-refractivity contribution in [2.45, 2.75) is 31.8 Å². The molecule has 1 N–H and O–H groups in total. The summed E-state index contributed by atoms with van der Waals surface area (Å²) < 4.78 is 14.4. The van der Waals surface area contributed by atoms with E-state index in [0.717, 1.165) is 0 Å². The minimum absolute atomic E-state index is 0.165. The van der Waals surface area contributed by atoms with Gasteiger partial charge in [-0.2, -0.15) is 0 Å². The molecule has 5 rings (SSSR count). The first-order valence-corrected chi connectivity index (χ1v) is 10.3. The molecule has 2 aromatic carbocycles. The van der Waals surface area contributed by atoms with Crippen LogP contribution in [-0.4, -0.2) is 41.1 Å². The molecule has 3 aliphatic rings. The number of carbonyl (C=O) groups excluding carboxylic acids is 4. The van der Waals surface area contributed by atoms with Gasteiger partial charge in [-0.05, 0) is 54.3 Å². The minimum atomic E-state index is -0.724. The number of nitrogens with one attached hydrogen (secondary N) is 1. The highest BCUT2D eigenvalue weighted by molar-refractivity contribution is 6.32. The Kier molecular flexibility index (Phi) is 4.55. The molecule has 0 aromatic heterocycles. The SMILES string of the molecule is O=C1CCC(N2Cc3cc(C(=O)N4CCc5c(Cl)ccc(F)c54)ccc3C2=O)C(=O)N1. The number of imide groups is 1. The van der Waals surface area contributed by atoms with Crippen LogP contribution in [0.5, 0.6) is 0 Å². The van der Waals surface area contributed by atoms with Crippen LogP contribution in [-0.2, 0) is 22.6 Å². The number of anilines is 1. The van der Waals surface area contributed by atoms with E-state index in [-0.39, 0.29) is 42.8 Å². The first-order valence-electron chi connectivity index (χ1n) is 9.91. The second-order valence-electron chi connectivity index (χ2n) is 7.84. The lowest BCUT2D eigenvalue weighted by molar-refractivity contribution is -0.136. The number of amides is 4. The van der Waals surface area contributed by atoms with Gasteiger partial charge >= 0.3 is 0 Å². The summed E-state index contributed by atoms with van der Waals surface area (Å²) in [4.78, 5) is 52.3. The number of benzene rings is 2. The highest BCUT2D eigenvalue weighted by atomic mass is 35.5. The van der Waals surface area contributed by atoms with Crippen molar-refractivity contribution >= 4 is 40.9 Å². The molecule has 1 saturated heterocycles. The molecular weight excluding hydrogens is 425 g/mol. The van der Waals surface area contributed by atoms with Crippen molar-refractivity contribution in [1.29, 1.82) is 0 Å². The molecule has 0 spiro atoms. The van der Waals surface area contributed by atoms with Gasteiger partial charge in [0.1, 0.15) is 11.9 Å². The van der Waals surface area contributed by atoms with Crippen molar-refractivity contribution in [2.24, 2.45) is 0 Å². The zero-order chi connectivity index (χ0) is 21.9. The van der Waals surface area contributed by atoms with Crippen molar-refractivity contribution in [1.82, 2.24) is 10.2 Å². The molecule has 158 valence electrons. The van der Waals surface area contributed by atoms with Crippen LogP contribution in [0.25, 0.3) is 0 Å². The molecule has 31 heavy (non-hydrogen) atoms. The predicted molar refractivity (Wildman–Crippen MR) is 109 cm³/mol. The van der Waals surface area contributed by atoms with Crippen LogP contribution >= 0.6 is 11.6 Å². The number of halogens is 2. The summed E-state index contributed by atoms with van der Waals surface area (Å²) in [6, 6.07) is 6.70. The molecule has 7 nitrogen and oxygen atoms in total. The second-order valence-corrected chi connectivity index (χ2v) is 8.24. The van der Waals surface area contributed by atoms with Gasteiger partial charge in [0, 0.05) is 35.7 Å². The van der Waals surface area contributed by atoms with E-state index in [1.54, 1.807) is 12.1 Å². The van der Waals surface area contributed by atoms with E-state index >= 15 is 0 Å². The molecule has 3 aliphatic heterocycles. The van der Waals surface area contributed by atoms with Gasteiger partial charge in [-0.15, -0.1) is 0 Å². The third-order valence-electron chi connectivity index (χ3n) is 6.05. The topological polar surface area (TPSA) is 86.8 Å². The third kappa shape index (κ3) is 3.09. The fraction of sp³-hybridized carbons (Fsp3) is 0.273. The normalized spacial score (nSPS) is 20.1. The van der Waals surface area contributed by atoms with Crippen LogP contribution in [0.15, 0.2) is 30.3 Å². The Balaban J connectivity index is 1.42. The number of hydrogen-bond acceptors (Lipinski definition) is 4. The molecule has 3 heterocycles. The largest absolute Gasteiger partial charge is 0.322 e. The van der Waals surface area contributed by atoms with E-state index in [2.05, 4.69) is 5.32 Å². The predicted octanol–water partition coefficient (Wildman–Crippen LogP) is 2.44. The Morgan fingerprint density at radius 2 is 1.94 bits per heavy atom. The van der Waals surface area contributed by atoms with Crippen LogP contribution in [0.2, 0.25) is 5.02 Å². The number of hydrogen-bond donors (Lipinski definition) is 1. The molecule has 4 amide bonds. The zero-order valence-electron chi connectivity index (χ0n) is 16.3. The smallest absolute Gasteiger partial charge is 0.258 e. The summed E-state index contributed by atoms with van der Waals surface area (Å²) in [6.07, 6.45) is 0.897. The van der Waals surface area contributed by atoms with Gasteiger partial charge in [0.05, 0.1) is 5.69 Å². The molecule has 2 aromatic rings. The van der Waals surface area contributed by atoms with Crippen molar-refractivity contribution < 1.29 is 23.6 Å². The zero-order valence-corrected chi connectivity index (χ0v) is 17.0. The average molecular weight is 442 g/mol. The van der Waals surface area contributed by atoms with E-state index in [1.807, 2.05) is 0 Å². The maximum atomic E-state index is 14.4. The van der Waals surface area contributed by atoms with Gasteiger partial charge in [0.15, 0.2) is 0 Å². The van der Waals surface area contributed by atoms with E-state index in [9.17, 15) is 23.6 Å². The first-order chi connectivity index (χ1) is 14.8. The Morgan fingerprint density at radius 1 is 1.13 bits per heavy atom. The lowest BCUT2D eigenvalue weighted by atomic mass is 10.0. The van der Waals surface area contributed by atoms with E-state index in [4.69, 9.17) is 11.6 Å². The molecule has 0 aliphatic carbocycles. The van der Waals surface area contributed by atoms with Gasteiger partial charge in [-0.25, -0.2) is 4.39 Å². The number of fused-ring (bicyclic) bond motifs is 2. The number of piperidine rings is 1. The molecule has 1 fully saturated rings. The lowest BCUT2D eigenvalue weighted by Crippen LogP contribution is -2.52. The van der Waals surface area contributed by atoms with Crippen molar-refractivity contribution in [2.75, 3.05) is 11.4 Å². The fourth-order valence-electron chi connectivity index (χ4n) is 4.51. The van der Waals surface area contributed by atoms with Gasteiger partial charge < -0.3 is 9.80 Å². The Labute approximate surface area is 181 Å². The molecule has 0 bridgehead atoms. The number of carbonyl (C=O) groups is 4. The summed E-state index contributed by atoms with van der Waals surface area (Å²) in [5.41, 5.74) is 2.15. The van der Waals surface area contributed by atoms with Crippen molar-refractivity contribution in [3.63, 3.8) is 0 Å². The van der Waals surface area contributed by atoms with E-state index in [1.165, 1.54) is 28.0 Å². The maximum Gasteiger partial charge on any atom is 0.258 e. The van der Waals surface area contributed by atoms with Crippen LogP contribution < -0.4 is 10.2 Å². The molecule has 9 heteroatoms. The summed E-state index contributed by atoms with van der Waals surface area (Å²) in [6.45, 7) is 0.478. The highest BCUT2D eigenvalue weighted by Crippen LogP contribution is 2.37. The quantitative estimate of drug-likeness (QED) is 0.725. The molecule has 1 unspecified atom stereocenters. The number of nitrogens with zero attached hydrogens (tertiary/aromatic N) is 2. The first kappa shape index (κ1) is 19.7. The minimum Gasteiger partial charge on any atom is -0.322 e. The van der Waals surface area contributed by atoms with Crippen molar-refractivity contribution in [3.8, 4) is 0 Å². The summed E-state index contributed by atoms with van der Waals surface area (Å²) in [7, 11) is 0. The monoisotopic (exact) mass is 441 g/mol. The van der Waals surface area contributed by atoms with Gasteiger partial charge in [-0.3, -0.25) is 24.5 Å². The Morgan fingerprint density at radius 3 is 2.71 bits per heavy atom. The maximum absolute atomic E-state index is 14.4. The molecule has 0 radical (unpaired) electrons. The average Bonchev–Trinajstić information content (AvgIpc) is 3.33. The summed E-state index contributed by atoms with van der Waals surface area (Å²) in [5.74, 6) is -2.04. The van der Waals surface area contributed by atoms with Gasteiger partial charge in [0.2, 0.25) is 11.8 Å². The molecular formula is C22H17ClFN3O4. The number of rotatable bonds is 2. The second kappa shape index (κ2) is 7.16. The molecule has 0 saturated carbocycles. The fourth-order valence-corrected chi connectivity index (χ4v) is 4.76. The summed E-state index contributed by atoms with van der Waals surface area (Å²) in [5, 5.41) is 2.68.